The van der Waals surface area contributed by atoms with Crippen LogP contribution in [0.25, 0.3) is 0 Å². The first-order valence-electron chi connectivity index (χ1n) is 29.0. The van der Waals surface area contributed by atoms with Crippen LogP contribution in [-0.4, -0.2) is 49.3 Å². The average Bonchev–Trinajstić information content (AvgIpc) is 3.33. The Kier molecular flexibility index (Phi) is 53.1. The highest BCUT2D eigenvalue weighted by atomic mass is 31.2. The molecule has 0 bridgehead atoms. The van der Waals surface area contributed by atoms with Crippen molar-refractivity contribution in [3.63, 3.8) is 0 Å². The molecule has 0 aromatic heterocycles. The topological polar surface area (TPSA) is 134 Å². The van der Waals surface area contributed by atoms with Crippen molar-refractivity contribution < 1.29 is 37.6 Å². The minimum atomic E-state index is -4.39. The van der Waals surface area contributed by atoms with Gasteiger partial charge in [-0.3, -0.25) is 18.6 Å². The molecule has 0 aliphatic heterocycles. The maximum absolute atomic E-state index is 12.7. The molecule has 3 N–H and O–H groups in total. The maximum atomic E-state index is 12.7. The van der Waals surface area contributed by atoms with Gasteiger partial charge in [-0.2, -0.15) is 0 Å². The lowest BCUT2D eigenvalue weighted by atomic mass is 10.0. The number of carbonyl (C=O) groups is 2. The van der Waals surface area contributed by atoms with Crippen LogP contribution in [-0.2, 0) is 32.7 Å². The third kappa shape index (κ3) is 53.6. The summed E-state index contributed by atoms with van der Waals surface area (Å²) in [5.41, 5.74) is 5.37. The Morgan fingerprint density at radius 3 is 1.21 bits per heavy atom. The Morgan fingerprint density at radius 1 is 0.456 bits per heavy atom. The lowest BCUT2D eigenvalue weighted by molar-refractivity contribution is -0.161. The zero-order valence-electron chi connectivity index (χ0n) is 44.6. The zero-order chi connectivity index (χ0) is 49.5. The van der Waals surface area contributed by atoms with Gasteiger partial charge in [-0.1, -0.05) is 269 Å². The van der Waals surface area contributed by atoms with Crippen molar-refractivity contribution in [3.8, 4) is 0 Å². The summed E-state index contributed by atoms with van der Waals surface area (Å²) in [5, 5.41) is 0. The molecular formula is C58H110NO8P. The number of ether oxygens (including phenoxy) is 2. The summed E-state index contributed by atoms with van der Waals surface area (Å²) < 4.78 is 33.0. The second kappa shape index (κ2) is 54.6. The molecule has 0 aliphatic rings. The van der Waals surface area contributed by atoms with Crippen molar-refractivity contribution in [2.24, 2.45) is 5.73 Å². The fourth-order valence-corrected chi connectivity index (χ4v) is 9.30. The van der Waals surface area contributed by atoms with Crippen LogP contribution in [0.4, 0.5) is 0 Å². The lowest BCUT2D eigenvalue weighted by Crippen LogP contribution is -2.29. The number of hydrogen-bond acceptors (Lipinski definition) is 8. The molecule has 10 heteroatoms. The molecule has 0 aromatic rings. The minimum Gasteiger partial charge on any atom is -0.462 e. The van der Waals surface area contributed by atoms with Crippen LogP contribution in [0.3, 0.4) is 0 Å². The van der Waals surface area contributed by atoms with Gasteiger partial charge in [0.1, 0.15) is 6.61 Å². The van der Waals surface area contributed by atoms with E-state index in [1.54, 1.807) is 0 Å². The van der Waals surface area contributed by atoms with Crippen LogP contribution >= 0.6 is 7.82 Å². The Balaban J connectivity index is 3.87. The molecule has 0 fully saturated rings. The van der Waals surface area contributed by atoms with Gasteiger partial charge in [-0.15, -0.1) is 0 Å². The number of esters is 2. The Bertz CT molecular complexity index is 1210. The lowest BCUT2D eigenvalue weighted by Gasteiger charge is -2.19. The minimum absolute atomic E-state index is 0.0524. The van der Waals surface area contributed by atoms with Crippen LogP contribution in [0.2, 0.25) is 0 Å². The Morgan fingerprint density at radius 2 is 0.809 bits per heavy atom. The predicted molar refractivity (Wildman–Crippen MR) is 289 cm³/mol. The van der Waals surface area contributed by atoms with Crippen LogP contribution in [0.15, 0.2) is 36.5 Å². The van der Waals surface area contributed by atoms with E-state index in [-0.39, 0.29) is 38.6 Å². The second-order valence-corrected chi connectivity index (χ2v) is 20.9. The number of unbranched alkanes of at least 4 members (excludes halogenated alkanes) is 36. The van der Waals surface area contributed by atoms with Crippen LogP contribution in [0.5, 0.6) is 0 Å². The van der Waals surface area contributed by atoms with Gasteiger partial charge in [0.15, 0.2) is 6.10 Å². The number of allylic oxidation sites excluding steroid dienone is 6. The summed E-state index contributed by atoms with van der Waals surface area (Å²) in [6.07, 6.45) is 65.0. The fourth-order valence-electron chi connectivity index (χ4n) is 8.54. The number of carbonyl (C=O) groups excluding carboxylic acids is 2. The highest BCUT2D eigenvalue weighted by molar-refractivity contribution is 7.47. The predicted octanol–water partition coefficient (Wildman–Crippen LogP) is 18.0. The molecule has 2 atom stereocenters. The van der Waals surface area contributed by atoms with Gasteiger partial charge in [0.25, 0.3) is 0 Å². The number of hydrogen-bond donors (Lipinski definition) is 2. The normalized spacial score (nSPS) is 13.3. The quantitative estimate of drug-likeness (QED) is 0.0264. The van der Waals surface area contributed by atoms with Gasteiger partial charge < -0.3 is 20.1 Å². The van der Waals surface area contributed by atoms with Crippen molar-refractivity contribution in [3.05, 3.63) is 36.5 Å². The molecular weight excluding hydrogens is 870 g/mol. The van der Waals surface area contributed by atoms with Crippen molar-refractivity contribution in [1.29, 1.82) is 0 Å². The highest BCUT2D eigenvalue weighted by Crippen LogP contribution is 2.43. The first-order valence-corrected chi connectivity index (χ1v) is 30.5. The molecule has 0 saturated heterocycles. The summed E-state index contributed by atoms with van der Waals surface area (Å²) in [6, 6.07) is 0. The fraction of sp³-hybridized carbons (Fsp3) is 0.862. The largest absolute Gasteiger partial charge is 0.472 e. The molecule has 0 radical (unpaired) electrons. The molecule has 0 aromatic carbocycles. The van der Waals surface area contributed by atoms with Crippen molar-refractivity contribution in [2.45, 2.75) is 296 Å². The monoisotopic (exact) mass is 980 g/mol. The van der Waals surface area contributed by atoms with E-state index >= 15 is 0 Å². The van der Waals surface area contributed by atoms with Gasteiger partial charge in [-0.05, 0) is 44.9 Å². The smallest absolute Gasteiger partial charge is 0.462 e. The van der Waals surface area contributed by atoms with Crippen LogP contribution in [0.1, 0.15) is 290 Å². The first-order chi connectivity index (χ1) is 33.3. The van der Waals surface area contributed by atoms with Crippen molar-refractivity contribution in [2.75, 3.05) is 26.4 Å². The van der Waals surface area contributed by atoms with Crippen LogP contribution in [0, 0.1) is 0 Å². The average molecular weight is 980 g/mol. The van der Waals surface area contributed by atoms with Gasteiger partial charge in [0, 0.05) is 19.4 Å². The second-order valence-electron chi connectivity index (χ2n) is 19.5. The van der Waals surface area contributed by atoms with E-state index in [1.165, 1.54) is 193 Å². The molecule has 2 unspecified atom stereocenters. The zero-order valence-corrected chi connectivity index (χ0v) is 45.5. The van der Waals surface area contributed by atoms with E-state index < -0.39 is 26.5 Å². The van der Waals surface area contributed by atoms with Crippen LogP contribution < -0.4 is 5.73 Å². The molecule has 0 amide bonds. The van der Waals surface area contributed by atoms with Crippen molar-refractivity contribution >= 4 is 19.8 Å². The highest BCUT2D eigenvalue weighted by Gasteiger charge is 2.26. The maximum Gasteiger partial charge on any atom is 0.472 e. The Hall–Kier alpha value is -1.77. The summed E-state index contributed by atoms with van der Waals surface area (Å²) in [5.74, 6) is -0.826. The number of nitrogens with two attached hydrogens (primary N) is 1. The molecule has 9 nitrogen and oxygen atoms in total. The van der Waals surface area contributed by atoms with Gasteiger partial charge >= 0.3 is 19.8 Å². The first kappa shape index (κ1) is 66.2. The summed E-state index contributed by atoms with van der Waals surface area (Å²) >= 11 is 0. The SMILES string of the molecule is CC/C=C\C/C=C\C/C=C\CCCCCCCCCC(=O)OC(COC(=O)CCCCCCCCCCCCCCCCCCCCCCCCCCCCCCCC)COP(=O)(O)OCCN. The third-order valence-corrected chi connectivity index (χ3v) is 13.8. The molecule has 400 valence electrons. The van der Waals surface area contributed by atoms with Gasteiger partial charge in [0.05, 0.1) is 13.2 Å². The summed E-state index contributed by atoms with van der Waals surface area (Å²) in [6.45, 7) is 3.66. The van der Waals surface area contributed by atoms with E-state index in [1.807, 2.05) is 0 Å². The van der Waals surface area contributed by atoms with E-state index in [2.05, 4.69) is 50.3 Å². The molecule has 0 saturated carbocycles. The molecule has 0 rings (SSSR count). The van der Waals surface area contributed by atoms with E-state index in [0.29, 0.717) is 6.42 Å². The third-order valence-electron chi connectivity index (χ3n) is 12.8. The van der Waals surface area contributed by atoms with E-state index in [9.17, 15) is 19.0 Å². The number of phosphoric ester groups is 1. The Labute approximate surface area is 420 Å². The number of phosphoric acid groups is 1. The summed E-state index contributed by atoms with van der Waals surface area (Å²) in [7, 11) is -4.39. The van der Waals surface area contributed by atoms with Gasteiger partial charge in [-0.25, -0.2) is 4.57 Å². The van der Waals surface area contributed by atoms with E-state index in [0.717, 1.165) is 64.2 Å². The molecule has 0 aliphatic carbocycles. The van der Waals surface area contributed by atoms with Gasteiger partial charge in [0.2, 0.25) is 0 Å². The number of rotatable bonds is 55. The molecule has 0 heterocycles. The molecule has 68 heavy (non-hydrogen) atoms. The van der Waals surface area contributed by atoms with E-state index in [4.69, 9.17) is 24.3 Å². The standard InChI is InChI=1S/C58H110NO8P/c1-3-5-7-9-11-13-15-17-19-21-22-23-24-25-26-27-28-29-30-31-32-33-35-36-38-40-42-44-46-48-50-57(60)64-54-56(55-66-68(62,63)65-53-52-59)67-58(61)51-49-47-45-43-41-39-37-34-20-18-16-14-12-10-8-6-4-2/h6,8,12,14,18,20,56H,3-5,7,9-11,13,15-17,19,21-55,59H2,1-2H3,(H,62,63)/b8-6-,14-12-,20-18-. The summed E-state index contributed by atoms with van der Waals surface area (Å²) in [4.78, 5) is 35.1. The molecule has 0 spiro atoms. The van der Waals surface area contributed by atoms with Crippen molar-refractivity contribution in [1.82, 2.24) is 0 Å².